The quantitative estimate of drug-likeness (QED) is 0.281. The zero-order chi connectivity index (χ0) is 24.5. The summed E-state index contributed by atoms with van der Waals surface area (Å²) < 4.78 is 24.2. The first-order valence-electron chi connectivity index (χ1n) is 10.1. The number of carbonyl (C=O) groups is 1. The molecular weight excluding hydrogens is 500 g/mol. The number of carbonyl (C=O) groups excluding carboxylic acids is 1. The third-order valence-corrected chi connectivity index (χ3v) is 6.21. The Kier molecular flexibility index (Phi) is 9.44. The van der Waals surface area contributed by atoms with E-state index >= 15 is 0 Å². The SMILES string of the molecule is C=CC(=C)Cl.O=C(OCCOc1cccc(F)c1Cl)N1CCSc2c(-c3cn[nH]c3)cccc21. The number of ether oxygens (including phenoxy) is 2. The lowest BCUT2D eigenvalue weighted by atomic mass is 10.1. The predicted molar refractivity (Wildman–Crippen MR) is 136 cm³/mol. The molecule has 10 heteroatoms. The van der Waals surface area contributed by atoms with Crippen LogP contribution in [0.25, 0.3) is 11.1 Å². The lowest BCUT2D eigenvalue weighted by Crippen LogP contribution is -2.36. The van der Waals surface area contributed by atoms with Crippen molar-refractivity contribution in [3.63, 3.8) is 0 Å². The monoisotopic (exact) mass is 521 g/mol. The van der Waals surface area contributed by atoms with Gasteiger partial charge in [0.25, 0.3) is 0 Å². The molecule has 2 heterocycles. The molecule has 34 heavy (non-hydrogen) atoms. The number of hydrogen-bond acceptors (Lipinski definition) is 5. The van der Waals surface area contributed by atoms with Gasteiger partial charge in [-0.15, -0.1) is 11.8 Å². The molecule has 0 saturated heterocycles. The number of aromatic nitrogens is 2. The molecule has 3 aromatic rings. The number of aromatic amines is 1. The molecular formula is C24H22Cl2FN3O3S. The Labute approximate surface area is 211 Å². The van der Waals surface area contributed by atoms with E-state index < -0.39 is 11.9 Å². The van der Waals surface area contributed by atoms with E-state index in [1.54, 1.807) is 28.9 Å². The van der Waals surface area contributed by atoms with Crippen LogP contribution in [0, 0.1) is 5.82 Å². The Morgan fingerprint density at radius 2 is 2.06 bits per heavy atom. The van der Waals surface area contributed by atoms with E-state index in [0.29, 0.717) is 11.6 Å². The highest BCUT2D eigenvalue weighted by atomic mass is 35.5. The van der Waals surface area contributed by atoms with E-state index in [1.807, 2.05) is 24.4 Å². The van der Waals surface area contributed by atoms with Gasteiger partial charge in [0.15, 0.2) is 0 Å². The van der Waals surface area contributed by atoms with Gasteiger partial charge in [0, 0.05) is 39.5 Å². The van der Waals surface area contributed by atoms with E-state index in [-0.39, 0.29) is 24.0 Å². The van der Waals surface area contributed by atoms with Crippen molar-refractivity contribution in [3.8, 4) is 16.9 Å². The number of nitrogens with zero attached hydrogens (tertiary/aromatic N) is 2. The number of hydrogen-bond donors (Lipinski definition) is 1. The van der Waals surface area contributed by atoms with Crippen LogP contribution in [0.15, 0.2) is 78.0 Å². The number of benzene rings is 2. The molecule has 1 aliphatic heterocycles. The summed E-state index contributed by atoms with van der Waals surface area (Å²) in [5.41, 5.74) is 2.78. The minimum atomic E-state index is -0.558. The molecule has 1 amide bonds. The normalized spacial score (nSPS) is 12.1. The fourth-order valence-electron chi connectivity index (χ4n) is 3.02. The number of rotatable bonds is 6. The highest BCUT2D eigenvalue weighted by Crippen LogP contribution is 2.41. The summed E-state index contributed by atoms with van der Waals surface area (Å²) in [4.78, 5) is 15.3. The lowest BCUT2D eigenvalue weighted by Gasteiger charge is -2.29. The molecule has 0 aliphatic carbocycles. The van der Waals surface area contributed by atoms with Gasteiger partial charge in [0.1, 0.15) is 29.8 Å². The summed E-state index contributed by atoms with van der Waals surface area (Å²) in [7, 11) is 0. The van der Waals surface area contributed by atoms with Gasteiger partial charge in [-0.2, -0.15) is 5.10 Å². The van der Waals surface area contributed by atoms with Crippen LogP contribution in [-0.4, -0.2) is 41.8 Å². The van der Waals surface area contributed by atoms with E-state index in [0.717, 1.165) is 27.5 Å². The number of halogens is 3. The number of H-pyrrole nitrogens is 1. The largest absolute Gasteiger partial charge is 0.488 e. The Bertz CT molecular complexity index is 1160. The standard InChI is InChI=1S/C20H17ClFN3O3S.C4H5Cl/c21-18-15(22)4-2-6-17(18)27-8-9-28-20(26)25-7-10-29-19-14(3-1-5-16(19)25)13-11-23-24-12-13;1-3-4(2)5/h1-6,11-12H,7-10H2,(H,23,24);3H,1-2H2. The molecule has 0 unspecified atom stereocenters. The number of fused-ring (bicyclic) bond motifs is 1. The van der Waals surface area contributed by atoms with Gasteiger partial charge in [-0.1, -0.05) is 60.6 Å². The number of anilines is 1. The number of allylic oxidation sites excluding steroid dienone is 2. The van der Waals surface area contributed by atoms with Crippen LogP contribution in [0.5, 0.6) is 5.75 Å². The molecule has 0 radical (unpaired) electrons. The van der Waals surface area contributed by atoms with Crippen LogP contribution < -0.4 is 9.64 Å². The van der Waals surface area contributed by atoms with E-state index in [9.17, 15) is 9.18 Å². The van der Waals surface area contributed by atoms with Crippen LogP contribution in [0.3, 0.4) is 0 Å². The first kappa shape index (κ1) is 25.7. The Morgan fingerprint density at radius 3 is 2.76 bits per heavy atom. The first-order chi connectivity index (χ1) is 16.4. The molecule has 178 valence electrons. The van der Waals surface area contributed by atoms with Gasteiger partial charge >= 0.3 is 6.09 Å². The molecule has 1 N–H and O–H groups in total. The van der Waals surface area contributed by atoms with Gasteiger partial charge in [0.2, 0.25) is 0 Å². The van der Waals surface area contributed by atoms with Crippen LogP contribution >= 0.6 is 35.0 Å². The minimum absolute atomic E-state index is 0.0199. The maximum absolute atomic E-state index is 13.4. The van der Waals surface area contributed by atoms with E-state index in [1.165, 1.54) is 18.2 Å². The zero-order valence-electron chi connectivity index (χ0n) is 18.1. The lowest BCUT2D eigenvalue weighted by molar-refractivity contribution is 0.131. The van der Waals surface area contributed by atoms with Crippen molar-refractivity contribution in [2.24, 2.45) is 0 Å². The maximum Gasteiger partial charge on any atom is 0.414 e. The van der Waals surface area contributed by atoms with Crippen molar-refractivity contribution in [2.75, 3.05) is 30.4 Å². The molecule has 6 nitrogen and oxygen atoms in total. The second kappa shape index (κ2) is 12.5. The molecule has 0 spiro atoms. The van der Waals surface area contributed by atoms with E-state index in [4.69, 9.17) is 32.7 Å². The van der Waals surface area contributed by atoms with Gasteiger partial charge < -0.3 is 9.47 Å². The van der Waals surface area contributed by atoms with Crippen molar-refractivity contribution >= 4 is 46.7 Å². The number of amides is 1. The summed E-state index contributed by atoms with van der Waals surface area (Å²) in [5, 5.41) is 7.22. The summed E-state index contributed by atoms with van der Waals surface area (Å²) >= 11 is 12.7. The van der Waals surface area contributed by atoms with Crippen molar-refractivity contribution < 1.29 is 18.7 Å². The fraction of sp³-hybridized carbons (Fsp3) is 0.167. The topological polar surface area (TPSA) is 67.5 Å². The Hall–Kier alpha value is -2.94. The van der Waals surface area contributed by atoms with Gasteiger partial charge in [-0.25, -0.2) is 9.18 Å². The molecule has 1 aliphatic rings. The molecule has 0 atom stereocenters. The highest BCUT2D eigenvalue weighted by Gasteiger charge is 2.26. The van der Waals surface area contributed by atoms with Crippen LogP contribution in [0.4, 0.5) is 14.9 Å². The molecule has 0 fully saturated rings. The predicted octanol–water partition coefficient (Wildman–Crippen LogP) is 6.92. The average molecular weight is 522 g/mol. The first-order valence-corrected chi connectivity index (χ1v) is 11.9. The second-order valence-corrected chi connectivity index (χ2v) is 8.78. The summed E-state index contributed by atoms with van der Waals surface area (Å²) in [6.45, 7) is 7.28. The Balaban J connectivity index is 0.000000588. The van der Waals surface area contributed by atoms with Crippen molar-refractivity contribution in [1.29, 1.82) is 0 Å². The van der Waals surface area contributed by atoms with Crippen molar-refractivity contribution in [1.82, 2.24) is 10.2 Å². The van der Waals surface area contributed by atoms with Gasteiger partial charge in [0.05, 0.1) is 11.9 Å². The molecule has 0 bridgehead atoms. The van der Waals surface area contributed by atoms with Crippen LogP contribution in [0.2, 0.25) is 5.02 Å². The minimum Gasteiger partial charge on any atom is -0.488 e. The van der Waals surface area contributed by atoms with Crippen molar-refractivity contribution in [2.45, 2.75) is 4.90 Å². The molecule has 2 aromatic carbocycles. The highest BCUT2D eigenvalue weighted by molar-refractivity contribution is 7.99. The van der Waals surface area contributed by atoms with Crippen LogP contribution in [-0.2, 0) is 4.74 Å². The number of thioether (sulfide) groups is 1. The maximum atomic E-state index is 13.4. The number of nitrogens with one attached hydrogen (secondary N) is 1. The summed E-state index contributed by atoms with van der Waals surface area (Å²) in [5.74, 6) is 0.413. The summed E-state index contributed by atoms with van der Waals surface area (Å²) in [6, 6.07) is 10.1. The van der Waals surface area contributed by atoms with Crippen molar-refractivity contribution in [3.05, 3.63) is 83.9 Å². The Morgan fingerprint density at radius 1 is 1.29 bits per heavy atom. The molecule has 0 saturated carbocycles. The third-order valence-electron chi connectivity index (χ3n) is 4.58. The van der Waals surface area contributed by atoms with E-state index in [2.05, 4.69) is 23.4 Å². The fourth-order valence-corrected chi connectivity index (χ4v) is 4.34. The van der Waals surface area contributed by atoms with Gasteiger partial charge in [-0.3, -0.25) is 10.00 Å². The molecule has 1 aromatic heterocycles. The second-order valence-electron chi connectivity index (χ2n) is 6.81. The summed E-state index contributed by atoms with van der Waals surface area (Å²) in [6.07, 6.45) is 4.61. The molecule has 4 rings (SSSR count). The van der Waals surface area contributed by atoms with Crippen LogP contribution in [0.1, 0.15) is 0 Å². The zero-order valence-corrected chi connectivity index (χ0v) is 20.4. The average Bonchev–Trinajstić information content (AvgIpc) is 3.38. The third kappa shape index (κ3) is 6.56. The van der Waals surface area contributed by atoms with Gasteiger partial charge in [-0.05, 0) is 18.2 Å². The smallest absolute Gasteiger partial charge is 0.414 e.